The van der Waals surface area contributed by atoms with Gasteiger partial charge in [-0.2, -0.15) is 0 Å². The van der Waals surface area contributed by atoms with Crippen molar-refractivity contribution >= 4 is 27.5 Å². The van der Waals surface area contributed by atoms with E-state index in [1.807, 2.05) is 36.4 Å². The van der Waals surface area contributed by atoms with Crippen LogP contribution in [0.25, 0.3) is 0 Å². The minimum atomic E-state index is -0.332. The molecule has 2 aliphatic rings. The summed E-state index contributed by atoms with van der Waals surface area (Å²) in [5.41, 5.74) is 2.28. The fraction of sp³-hybridized carbons (Fsp3) is 0.429. The molecule has 144 valence electrons. The minimum absolute atomic E-state index is 0.332. The Hall–Kier alpha value is -1.11. The summed E-state index contributed by atoms with van der Waals surface area (Å²) in [6.45, 7) is 4.73. The largest absolute Gasteiger partial charge is 0.489 e. The van der Waals surface area contributed by atoms with Crippen LogP contribution in [-0.4, -0.2) is 37.0 Å². The van der Waals surface area contributed by atoms with Gasteiger partial charge in [0.2, 0.25) is 0 Å². The van der Waals surface area contributed by atoms with Gasteiger partial charge in [-0.15, -0.1) is 0 Å². The highest BCUT2D eigenvalue weighted by atomic mass is 79.9. The minimum Gasteiger partial charge on any atom is -0.489 e. The average Bonchev–Trinajstić information content (AvgIpc) is 3.13. The van der Waals surface area contributed by atoms with E-state index in [9.17, 15) is 0 Å². The summed E-state index contributed by atoms with van der Waals surface area (Å²) in [5.74, 6) is 0.587. The average molecular weight is 453 g/mol. The van der Waals surface area contributed by atoms with Gasteiger partial charge in [-0.25, -0.2) is 0 Å². The van der Waals surface area contributed by atoms with Crippen LogP contribution in [0.3, 0.4) is 0 Å². The van der Waals surface area contributed by atoms with Crippen LogP contribution >= 0.6 is 27.5 Å². The molecule has 2 fully saturated rings. The highest BCUT2D eigenvalue weighted by molar-refractivity contribution is 9.10. The van der Waals surface area contributed by atoms with Gasteiger partial charge in [0.15, 0.2) is 5.79 Å². The van der Waals surface area contributed by atoms with Crippen molar-refractivity contribution in [3.8, 4) is 5.75 Å². The van der Waals surface area contributed by atoms with Crippen molar-refractivity contribution in [2.45, 2.75) is 31.8 Å². The molecule has 0 unspecified atom stereocenters. The lowest BCUT2D eigenvalue weighted by Gasteiger charge is -2.37. The molecule has 1 spiro atoms. The maximum absolute atomic E-state index is 6.11. The molecular formula is C21H23BrClNO3. The van der Waals surface area contributed by atoms with E-state index in [1.165, 1.54) is 5.56 Å². The maximum atomic E-state index is 6.11. The Morgan fingerprint density at radius 3 is 2.44 bits per heavy atom. The van der Waals surface area contributed by atoms with Crippen molar-refractivity contribution in [1.29, 1.82) is 0 Å². The fourth-order valence-electron chi connectivity index (χ4n) is 3.63. The molecule has 6 heteroatoms. The van der Waals surface area contributed by atoms with Gasteiger partial charge in [-0.1, -0.05) is 39.7 Å². The molecule has 0 radical (unpaired) electrons. The Morgan fingerprint density at radius 2 is 1.74 bits per heavy atom. The summed E-state index contributed by atoms with van der Waals surface area (Å²) in [6, 6.07) is 14.0. The lowest BCUT2D eigenvalue weighted by atomic mass is 10.0. The highest BCUT2D eigenvalue weighted by Crippen LogP contribution is 2.33. The van der Waals surface area contributed by atoms with Crippen LogP contribution in [0.5, 0.6) is 5.75 Å². The van der Waals surface area contributed by atoms with Crippen molar-refractivity contribution in [1.82, 2.24) is 4.90 Å². The second kappa shape index (κ2) is 8.50. The third-order valence-corrected chi connectivity index (χ3v) is 5.90. The lowest BCUT2D eigenvalue weighted by molar-refractivity contribution is -0.185. The Morgan fingerprint density at radius 1 is 1.04 bits per heavy atom. The number of likely N-dealkylation sites (tertiary alicyclic amines) is 1. The predicted octanol–water partition coefficient (Wildman–Crippen LogP) is 5.02. The maximum Gasteiger partial charge on any atom is 0.170 e. The molecular weight excluding hydrogens is 430 g/mol. The van der Waals surface area contributed by atoms with Crippen molar-refractivity contribution < 1.29 is 14.2 Å². The smallest absolute Gasteiger partial charge is 0.170 e. The van der Waals surface area contributed by atoms with Crippen molar-refractivity contribution in [2.24, 2.45) is 0 Å². The number of piperidine rings is 1. The molecule has 27 heavy (non-hydrogen) atoms. The van der Waals surface area contributed by atoms with Gasteiger partial charge >= 0.3 is 0 Å². The SMILES string of the molecule is Clc1ccc(COc2ccc(Br)cc2CN2CCC3(CC2)OCCO3)cc1. The van der Waals surface area contributed by atoms with Crippen LogP contribution in [0.15, 0.2) is 46.9 Å². The van der Waals surface area contributed by atoms with E-state index in [-0.39, 0.29) is 5.79 Å². The van der Waals surface area contributed by atoms with Gasteiger partial charge in [0.25, 0.3) is 0 Å². The first kappa shape index (κ1) is 19.2. The lowest BCUT2D eigenvalue weighted by Crippen LogP contribution is -2.44. The molecule has 2 aromatic carbocycles. The molecule has 0 N–H and O–H groups in total. The first-order valence-electron chi connectivity index (χ1n) is 9.28. The van der Waals surface area contributed by atoms with Gasteiger partial charge in [0, 0.05) is 47.5 Å². The van der Waals surface area contributed by atoms with Gasteiger partial charge in [0.05, 0.1) is 13.2 Å². The predicted molar refractivity (Wildman–Crippen MR) is 109 cm³/mol. The van der Waals surface area contributed by atoms with Gasteiger partial charge in [-0.05, 0) is 35.9 Å². The van der Waals surface area contributed by atoms with Crippen LogP contribution in [0.1, 0.15) is 24.0 Å². The third-order valence-electron chi connectivity index (χ3n) is 5.16. The van der Waals surface area contributed by atoms with Gasteiger partial charge in [0.1, 0.15) is 12.4 Å². The number of nitrogens with zero attached hydrogens (tertiary/aromatic N) is 1. The molecule has 0 bridgehead atoms. The number of rotatable bonds is 5. The number of halogens is 2. The van der Waals surface area contributed by atoms with E-state index in [2.05, 4.69) is 26.9 Å². The Kier molecular flexibility index (Phi) is 6.05. The standard InChI is InChI=1S/C21H23BrClNO3/c22-18-3-6-20(25-15-16-1-4-19(23)5-2-16)17(13-18)14-24-9-7-21(8-10-24)26-11-12-27-21/h1-6,13H,7-12,14-15H2. The zero-order valence-electron chi connectivity index (χ0n) is 15.1. The zero-order chi connectivity index (χ0) is 18.7. The van der Waals surface area contributed by atoms with Crippen LogP contribution in [0, 0.1) is 0 Å². The molecule has 0 aliphatic carbocycles. The van der Waals surface area contributed by atoms with E-state index >= 15 is 0 Å². The first-order valence-corrected chi connectivity index (χ1v) is 10.4. The van der Waals surface area contributed by atoms with Crippen LogP contribution in [0.4, 0.5) is 0 Å². The molecule has 2 aromatic rings. The zero-order valence-corrected chi connectivity index (χ0v) is 17.5. The van der Waals surface area contributed by atoms with Crippen LogP contribution < -0.4 is 4.74 Å². The highest BCUT2D eigenvalue weighted by Gasteiger charge is 2.39. The fourth-order valence-corrected chi connectivity index (χ4v) is 4.17. The number of benzene rings is 2. The molecule has 0 saturated carbocycles. The molecule has 2 aliphatic heterocycles. The summed E-state index contributed by atoms with van der Waals surface area (Å²) in [7, 11) is 0. The van der Waals surface area contributed by atoms with E-state index in [4.69, 9.17) is 25.8 Å². The van der Waals surface area contributed by atoms with E-state index in [0.29, 0.717) is 19.8 Å². The molecule has 2 saturated heterocycles. The normalized spacial score (nSPS) is 19.5. The molecule has 0 atom stereocenters. The first-order chi connectivity index (χ1) is 13.1. The number of ether oxygens (including phenoxy) is 3. The van der Waals surface area contributed by atoms with E-state index in [1.54, 1.807) is 0 Å². The summed E-state index contributed by atoms with van der Waals surface area (Å²) >= 11 is 9.54. The summed E-state index contributed by atoms with van der Waals surface area (Å²) in [4.78, 5) is 2.44. The summed E-state index contributed by atoms with van der Waals surface area (Å²) in [6.07, 6.45) is 1.84. The Bertz CT molecular complexity index is 767. The monoisotopic (exact) mass is 451 g/mol. The van der Waals surface area contributed by atoms with Crippen molar-refractivity contribution in [2.75, 3.05) is 26.3 Å². The van der Waals surface area contributed by atoms with E-state index in [0.717, 1.165) is 53.3 Å². The summed E-state index contributed by atoms with van der Waals surface area (Å²) in [5, 5.41) is 0.737. The van der Waals surface area contributed by atoms with Crippen molar-refractivity contribution in [3.05, 3.63) is 63.1 Å². The molecule has 4 nitrogen and oxygen atoms in total. The molecule has 0 aromatic heterocycles. The van der Waals surface area contributed by atoms with Gasteiger partial charge in [-0.3, -0.25) is 4.90 Å². The second-order valence-corrected chi connectivity index (χ2v) is 8.40. The Labute approximate surface area is 173 Å². The molecule has 2 heterocycles. The van der Waals surface area contributed by atoms with E-state index < -0.39 is 0 Å². The summed E-state index contributed by atoms with van der Waals surface area (Å²) < 4.78 is 18.8. The quantitative estimate of drug-likeness (QED) is 0.637. The Balaban J connectivity index is 1.40. The molecule has 0 amide bonds. The third kappa shape index (κ3) is 4.84. The number of hydrogen-bond acceptors (Lipinski definition) is 4. The van der Waals surface area contributed by atoms with Crippen molar-refractivity contribution in [3.63, 3.8) is 0 Å². The van der Waals surface area contributed by atoms with Crippen LogP contribution in [-0.2, 0) is 22.6 Å². The number of hydrogen-bond donors (Lipinski definition) is 0. The molecule has 4 rings (SSSR count). The topological polar surface area (TPSA) is 30.9 Å². The van der Waals surface area contributed by atoms with Gasteiger partial charge < -0.3 is 14.2 Å². The second-order valence-electron chi connectivity index (χ2n) is 7.05. The van der Waals surface area contributed by atoms with Crippen LogP contribution in [0.2, 0.25) is 5.02 Å².